The lowest BCUT2D eigenvalue weighted by Crippen LogP contribution is -2.28. The van der Waals surface area contributed by atoms with E-state index in [-0.39, 0.29) is 72.8 Å². The number of fused-ring (bicyclic) bond motifs is 5. The minimum Gasteiger partial charge on any atom is -0.370 e. The summed E-state index contributed by atoms with van der Waals surface area (Å²) in [4.78, 5) is 4.81. The molecule has 1 atom stereocenters. The second-order valence-corrected chi connectivity index (χ2v) is 12.0. The van der Waals surface area contributed by atoms with Gasteiger partial charge in [0.15, 0.2) is 0 Å². The Kier molecular flexibility index (Phi) is 7.93. The molecule has 4 aromatic carbocycles. The first kappa shape index (κ1) is 34.5. The van der Waals surface area contributed by atoms with Gasteiger partial charge in [-0.2, -0.15) is 57.9 Å². The topological polar surface area (TPSA) is 167 Å². The van der Waals surface area contributed by atoms with Gasteiger partial charge in [-0.15, -0.1) is 0 Å². The Labute approximate surface area is 301 Å². The van der Waals surface area contributed by atoms with Crippen LogP contribution in [0, 0.1) is 68.0 Å². The van der Waals surface area contributed by atoms with Crippen LogP contribution in [0.1, 0.15) is 50.5 Å². The van der Waals surface area contributed by atoms with Crippen molar-refractivity contribution in [3.05, 3.63) is 134 Å². The largest absolute Gasteiger partial charge is 0.417 e. The maximum atomic E-state index is 14.2. The van der Waals surface area contributed by atoms with Crippen molar-refractivity contribution in [1.82, 2.24) is 5.32 Å². The number of nitrogens with one attached hydrogen (secondary N) is 1. The van der Waals surface area contributed by atoms with Crippen LogP contribution in [0.4, 0.5) is 26.3 Å². The molecule has 0 aromatic heterocycles. The maximum absolute atomic E-state index is 14.2. The highest BCUT2D eigenvalue weighted by Gasteiger charge is 2.44. The standard InChI is InChI=1S/C40H14F6N8/c41-39(42,43)31-9-19(13-47)1-5-25(31)21-3-7-27-29(11-21)33(23(15-49)16-50)37-35(27)53-38-34(24(17-51)18-52)30-12-22(4-8-28(30)36(38)54-37)26-6-2-20(14-48)10-32(26)40(44,45)46/h1-12,35,53H. The molecule has 0 saturated heterocycles. The number of rotatable bonds is 2. The van der Waals surface area contributed by atoms with Crippen molar-refractivity contribution < 1.29 is 26.3 Å². The highest BCUT2D eigenvalue weighted by molar-refractivity contribution is 6.34. The predicted molar refractivity (Wildman–Crippen MR) is 180 cm³/mol. The first-order valence-corrected chi connectivity index (χ1v) is 15.5. The fourth-order valence-electron chi connectivity index (χ4n) is 6.92. The first-order chi connectivity index (χ1) is 25.8. The third-order valence-electron chi connectivity index (χ3n) is 9.19. The second-order valence-electron chi connectivity index (χ2n) is 12.0. The van der Waals surface area contributed by atoms with Crippen LogP contribution in [0.2, 0.25) is 0 Å². The van der Waals surface area contributed by atoms with Crippen LogP contribution in [0.3, 0.4) is 0 Å². The molecule has 0 spiro atoms. The first-order valence-electron chi connectivity index (χ1n) is 15.5. The van der Waals surface area contributed by atoms with E-state index in [0.29, 0.717) is 11.1 Å². The van der Waals surface area contributed by atoms with E-state index in [4.69, 9.17) is 4.99 Å². The SMILES string of the molecule is N#CC(C#N)=C1C2=C(N=C3C(=C(C#N)C#N)c4cc(-c5ccc(C#N)cc5C(F)(F)F)ccc4C3N2)c2ccc(-c3ccc(C#N)cc3C(F)(F)F)cc21. The average molecular weight is 721 g/mol. The van der Waals surface area contributed by atoms with Gasteiger partial charge in [-0.1, -0.05) is 36.4 Å². The van der Waals surface area contributed by atoms with Gasteiger partial charge in [0.25, 0.3) is 0 Å². The van der Waals surface area contributed by atoms with E-state index < -0.39 is 40.7 Å². The maximum Gasteiger partial charge on any atom is 0.417 e. The molecular formula is C40H14F6N8. The van der Waals surface area contributed by atoms with Gasteiger partial charge in [0, 0.05) is 16.7 Å². The predicted octanol–water partition coefficient (Wildman–Crippen LogP) is 8.88. The van der Waals surface area contributed by atoms with E-state index >= 15 is 0 Å². The normalized spacial score (nSPS) is 15.0. The molecule has 54 heavy (non-hydrogen) atoms. The van der Waals surface area contributed by atoms with Gasteiger partial charge in [0.2, 0.25) is 0 Å². The quantitative estimate of drug-likeness (QED) is 0.159. The zero-order chi connectivity index (χ0) is 38.7. The molecule has 0 bridgehead atoms. The smallest absolute Gasteiger partial charge is 0.370 e. The lowest BCUT2D eigenvalue weighted by Gasteiger charge is -2.23. The summed E-state index contributed by atoms with van der Waals surface area (Å²) in [6, 6.07) is 24.4. The Bertz CT molecular complexity index is 2760. The van der Waals surface area contributed by atoms with Crippen LogP contribution in [0.15, 0.2) is 94.6 Å². The number of nitrogens with zero attached hydrogens (tertiary/aromatic N) is 7. The van der Waals surface area contributed by atoms with Gasteiger partial charge in [0.05, 0.1) is 57.5 Å². The third-order valence-corrected chi connectivity index (χ3v) is 9.19. The van der Waals surface area contributed by atoms with E-state index in [2.05, 4.69) is 5.32 Å². The number of benzene rings is 4. The van der Waals surface area contributed by atoms with Crippen LogP contribution in [-0.2, 0) is 12.4 Å². The van der Waals surface area contributed by atoms with Crippen LogP contribution >= 0.6 is 0 Å². The molecular weight excluding hydrogens is 706 g/mol. The van der Waals surface area contributed by atoms with E-state index in [1.807, 2.05) is 24.3 Å². The number of hydrogen-bond acceptors (Lipinski definition) is 8. The van der Waals surface area contributed by atoms with Gasteiger partial charge in [-0.05, 0) is 75.3 Å². The lowest BCUT2D eigenvalue weighted by atomic mass is 9.92. The molecule has 1 N–H and O–H groups in total. The molecule has 0 fully saturated rings. The van der Waals surface area contributed by atoms with Crippen molar-refractivity contribution in [2.75, 3.05) is 0 Å². The van der Waals surface area contributed by atoms with Gasteiger partial charge in [0.1, 0.15) is 35.4 Å². The second kappa shape index (κ2) is 12.4. The average Bonchev–Trinajstić information content (AvgIpc) is 3.65. The fraction of sp³-hybridized carbons (Fsp3) is 0.0750. The number of halogens is 6. The van der Waals surface area contributed by atoms with Gasteiger partial charge in [-0.3, -0.25) is 0 Å². The number of aliphatic imine (C=N–C) groups is 1. The van der Waals surface area contributed by atoms with Crippen molar-refractivity contribution in [3.63, 3.8) is 0 Å². The molecule has 0 radical (unpaired) electrons. The molecule has 4 aromatic rings. The Morgan fingerprint density at radius 1 is 0.556 bits per heavy atom. The Balaban J connectivity index is 1.43. The van der Waals surface area contributed by atoms with E-state index in [0.717, 1.165) is 24.3 Å². The van der Waals surface area contributed by atoms with Crippen molar-refractivity contribution in [1.29, 1.82) is 31.6 Å². The van der Waals surface area contributed by atoms with Crippen LogP contribution in [-0.4, -0.2) is 5.71 Å². The summed E-state index contributed by atoms with van der Waals surface area (Å²) in [5.74, 6) is 0. The van der Waals surface area contributed by atoms with E-state index in [9.17, 15) is 57.9 Å². The van der Waals surface area contributed by atoms with Crippen molar-refractivity contribution >= 4 is 22.6 Å². The fourth-order valence-corrected chi connectivity index (χ4v) is 6.92. The zero-order valence-corrected chi connectivity index (χ0v) is 26.9. The molecule has 3 aliphatic rings. The van der Waals surface area contributed by atoms with E-state index in [1.165, 1.54) is 48.5 Å². The Morgan fingerprint density at radius 3 is 1.54 bits per heavy atom. The molecule has 1 aliphatic heterocycles. The molecule has 0 saturated carbocycles. The summed E-state index contributed by atoms with van der Waals surface area (Å²) >= 11 is 0. The summed E-state index contributed by atoms with van der Waals surface area (Å²) in [6.45, 7) is 0. The minimum absolute atomic E-state index is 0.0203. The van der Waals surface area contributed by atoms with Gasteiger partial charge >= 0.3 is 12.4 Å². The molecule has 1 unspecified atom stereocenters. The summed E-state index contributed by atoms with van der Waals surface area (Å²) in [5, 5.41) is 61.7. The summed E-state index contributed by atoms with van der Waals surface area (Å²) in [6.07, 6.45) is -9.67. The third kappa shape index (κ3) is 5.32. The molecule has 14 heteroatoms. The van der Waals surface area contributed by atoms with Crippen LogP contribution < -0.4 is 5.32 Å². The van der Waals surface area contributed by atoms with Crippen molar-refractivity contribution in [3.8, 4) is 58.7 Å². The molecule has 256 valence electrons. The molecule has 7 rings (SSSR count). The zero-order valence-electron chi connectivity index (χ0n) is 26.9. The number of alkyl halides is 6. The summed E-state index contributed by atoms with van der Waals surface area (Å²) < 4.78 is 85.0. The van der Waals surface area contributed by atoms with Crippen molar-refractivity contribution in [2.24, 2.45) is 4.99 Å². The molecule has 1 heterocycles. The van der Waals surface area contributed by atoms with Gasteiger partial charge < -0.3 is 5.32 Å². The summed E-state index contributed by atoms with van der Waals surface area (Å²) in [5.41, 5.74) is -2.22. The monoisotopic (exact) mass is 720 g/mol. The molecule has 8 nitrogen and oxygen atoms in total. The Morgan fingerprint density at radius 2 is 1.04 bits per heavy atom. The Hall–Kier alpha value is -7.91. The highest BCUT2D eigenvalue weighted by atomic mass is 19.4. The summed E-state index contributed by atoms with van der Waals surface area (Å²) in [7, 11) is 0. The van der Waals surface area contributed by atoms with Gasteiger partial charge in [-0.25, -0.2) is 4.99 Å². The number of allylic oxidation sites excluding steroid dienone is 3. The molecule has 2 aliphatic carbocycles. The van der Waals surface area contributed by atoms with Crippen molar-refractivity contribution in [2.45, 2.75) is 18.4 Å². The van der Waals surface area contributed by atoms with Crippen LogP contribution in [0.25, 0.3) is 39.1 Å². The lowest BCUT2D eigenvalue weighted by molar-refractivity contribution is -0.137. The number of nitriles is 6. The minimum atomic E-state index is -4.84. The molecule has 0 amide bonds. The van der Waals surface area contributed by atoms with E-state index in [1.54, 1.807) is 12.1 Å². The van der Waals surface area contributed by atoms with Crippen LogP contribution in [0.5, 0.6) is 0 Å². The number of hydrogen-bond donors (Lipinski definition) is 1. The highest BCUT2D eigenvalue weighted by Crippen LogP contribution is 2.52.